The highest BCUT2D eigenvalue weighted by atomic mass is 15.2. The van der Waals surface area contributed by atoms with Crippen molar-refractivity contribution < 1.29 is 0 Å². The van der Waals surface area contributed by atoms with Crippen LogP contribution in [0.3, 0.4) is 0 Å². The van der Waals surface area contributed by atoms with Gasteiger partial charge in [-0.15, -0.1) is 0 Å². The molecule has 2 fully saturated rings. The van der Waals surface area contributed by atoms with E-state index in [9.17, 15) is 0 Å². The zero-order valence-corrected chi connectivity index (χ0v) is 13.9. The second kappa shape index (κ2) is 7.79. The third-order valence-electron chi connectivity index (χ3n) is 6.18. The van der Waals surface area contributed by atoms with Gasteiger partial charge >= 0.3 is 0 Å². The third-order valence-corrected chi connectivity index (χ3v) is 6.18. The van der Waals surface area contributed by atoms with Gasteiger partial charge in [0.25, 0.3) is 0 Å². The molecular weight excluding hydrogens is 244 g/mol. The molecule has 2 nitrogen and oxygen atoms in total. The molecule has 0 unspecified atom stereocenters. The summed E-state index contributed by atoms with van der Waals surface area (Å²) in [6, 6.07) is 0. The molecular formula is C18H36N2. The van der Waals surface area contributed by atoms with Gasteiger partial charge in [0, 0.05) is 18.6 Å². The molecule has 0 aromatic rings. The SMILES string of the molecule is CCCC1CCC(CN)(N(C)CC2CCCCC2)CC1. The Hall–Kier alpha value is -0.0800. The molecule has 0 heterocycles. The highest BCUT2D eigenvalue weighted by Gasteiger charge is 2.38. The molecule has 0 spiro atoms. The zero-order valence-electron chi connectivity index (χ0n) is 13.9. The molecule has 2 aliphatic rings. The van der Waals surface area contributed by atoms with Crippen molar-refractivity contribution in [1.29, 1.82) is 0 Å². The van der Waals surface area contributed by atoms with E-state index in [1.807, 2.05) is 0 Å². The maximum Gasteiger partial charge on any atom is 0.0329 e. The van der Waals surface area contributed by atoms with Gasteiger partial charge in [-0.3, -0.25) is 4.90 Å². The van der Waals surface area contributed by atoms with Gasteiger partial charge in [-0.05, 0) is 57.4 Å². The van der Waals surface area contributed by atoms with Crippen LogP contribution in [0.4, 0.5) is 0 Å². The molecule has 0 bridgehead atoms. The fourth-order valence-electron chi connectivity index (χ4n) is 4.60. The molecule has 0 aliphatic heterocycles. The molecule has 0 radical (unpaired) electrons. The minimum Gasteiger partial charge on any atom is -0.329 e. The Labute approximate surface area is 126 Å². The van der Waals surface area contributed by atoms with E-state index in [-0.39, 0.29) is 0 Å². The molecule has 0 amide bonds. The Bertz CT molecular complexity index is 263. The summed E-state index contributed by atoms with van der Waals surface area (Å²) in [5.41, 5.74) is 6.54. The van der Waals surface area contributed by atoms with E-state index in [1.165, 1.54) is 77.2 Å². The molecule has 0 aromatic carbocycles. The summed E-state index contributed by atoms with van der Waals surface area (Å²) in [6.07, 6.45) is 15.5. The number of rotatable bonds is 6. The minimum absolute atomic E-state index is 0.321. The van der Waals surface area contributed by atoms with Gasteiger partial charge < -0.3 is 5.73 Å². The quantitative estimate of drug-likeness (QED) is 0.790. The van der Waals surface area contributed by atoms with Gasteiger partial charge in [-0.1, -0.05) is 39.0 Å². The highest BCUT2D eigenvalue weighted by Crippen LogP contribution is 2.38. The molecule has 118 valence electrons. The minimum atomic E-state index is 0.321. The zero-order chi connectivity index (χ0) is 14.4. The average Bonchev–Trinajstić information content (AvgIpc) is 2.49. The first kappa shape index (κ1) is 16.3. The highest BCUT2D eigenvalue weighted by molar-refractivity contribution is 4.95. The summed E-state index contributed by atoms with van der Waals surface area (Å²) >= 11 is 0. The smallest absolute Gasteiger partial charge is 0.0329 e. The maximum absolute atomic E-state index is 6.22. The van der Waals surface area contributed by atoms with Crippen molar-refractivity contribution in [2.24, 2.45) is 17.6 Å². The fraction of sp³-hybridized carbons (Fsp3) is 1.00. The van der Waals surface area contributed by atoms with Crippen molar-refractivity contribution in [3.63, 3.8) is 0 Å². The van der Waals surface area contributed by atoms with Crippen molar-refractivity contribution >= 4 is 0 Å². The lowest BCUT2D eigenvalue weighted by Crippen LogP contribution is -2.55. The molecule has 2 heteroatoms. The molecule has 0 saturated heterocycles. The van der Waals surface area contributed by atoms with Crippen LogP contribution in [0.2, 0.25) is 0 Å². The topological polar surface area (TPSA) is 29.3 Å². The van der Waals surface area contributed by atoms with Crippen molar-refractivity contribution in [1.82, 2.24) is 4.90 Å². The summed E-state index contributed by atoms with van der Waals surface area (Å²) < 4.78 is 0. The largest absolute Gasteiger partial charge is 0.329 e. The Morgan fingerprint density at radius 3 is 2.20 bits per heavy atom. The first-order chi connectivity index (χ1) is 9.70. The summed E-state index contributed by atoms with van der Waals surface area (Å²) in [4.78, 5) is 2.66. The van der Waals surface area contributed by atoms with Crippen LogP contribution in [0.15, 0.2) is 0 Å². The Kier molecular flexibility index (Phi) is 6.35. The maximum atomic E-state index is 6.22. The first-order valence-electron chi connectivity index (χ1n) is 9.11. The van der Waals surface area contributed by atoms with Crippen molar-refractivity contribution in [3.05, 3.63) is 0 Å². The van der Waals surface area contributed by atoms with Crippen LogP contribution in [0, 0.1) is 11.8 Å². The summed E-state index contributed by atoms with van der Waals surface area (Å²) in [5, 5.41) is 0. The summed E-state index contributed by atoms with van der Waals surface area (Å²) in [7, 11) is 2.35. The van der Waals surface area contributed by atoms with E-state index < -0.39 is 0 Å². The lowest BCUT2D eigenvalue weighted by atomic mass is 9.73. The molecule has 2 saturated carbocycles. The van der Waals surface area contributed by atoms with Crippen molar-refractivity contribution in [2.45, 2.75) is 83.1 Å². The van der Waals surface area contributed by atoms with Crippen LogP contribution in [-0.2, 0) is 0 Å². The molecule has 0 atom stereocenters. The second-order valence-electron chi connectivity index (χ2n) is 7.55. The predicted octanol–water partition coefficient (Wildman–Crippen LogP) is 4.19. The number of nitrogens with zero attached hydrogens (tertiary/aromatic N) is 1. The van der Waals surface area contributed by atoms with Crippen LogP contribution in [0.1, 0.15) is 77.6 Å². The summed E-state index contributed by atoms with van der Waals surface area (Å²) in [6.45, 7) is 4.46. The van der Waals surface area contributed by atoms with Gasteiger partial charge in [0.15, 0.2) is 0 Å². The van der Waals surface area contributed by atoms with E-state index in [1.54, 1.807) is 0 Å². The van der Waals surface area contributed by atoms with Gasteiger partial charge in [0.05, 0.1) is 0 Å². The van der Waals surface area contributed by atoms with Gasteiger partial charge in [-0.2, -0.15) is 0 Å². The van der Waals surface area contributed by atoms with E-state index >= 15 is 0 Å². The monoisotopic (exact) mass is 280 g/mol. The van der Waals surface area contributed by atoms with Crippen LogP contribution < -0.4 is 5.73 Å². The fourth-order valence-corrected chi connectivity index (χ4v) is 4.60. The second-order valence-corrected chi connectivity index (χ2v) is 7.55. The van der Waals surface area contributed by atoms with Gasteiger partial charge in [0.1, 0.15) is 0 Å². The molecule has 20 heavy (non-hydrogen) atoms. The molecule has 2 aliphatic carbocycles. The molecule has 2 N–H and O–H groups in total. The van der Waals surface area contributed by atoms with E-state index in [0.29, 0.717) is 5.54 Å². The van der Waals surface area contributed by atoms with Crippen LogP contribution in [0.5, 0.6) is 0 Å². The van der Waals surface area contributed by atoms with Gasteiger partial charge in [-0.25, -0.2) is 0 Å². The molecule has 2 rings (SSSR count). The Morgan fingerprint density at radius 1 is 1.00 bits per heavy atom. The molecule has 0 aromatic heterocycles. The standard InChI is InChI=1S/C18H36N2/c1-3-7-16-10-12-18(15-19,13-11-16)20(2)14-17-8-5-4-6-9-17/h16-17H,3-15,19H2,1-2H3. The number of hydrogen-bond donors (Lipinski definition) is 1. The average molecular weight is 280 g/mol. The predicted molar refractivity (Wildman–Crippen MR) is 87.9 cm³/mol. The number of hydrogen-bond acceptors (Lipinski definition) is 2. The Balaban J connectivity index is 1.86. The first-order valence-corrected chi connectivity index (χ1v) is 9.11. The van der Waals surface area contributed by atoms with Crippen LogP contribution in [-0.4, -0.2) is 30.6 Å². The number of nitrogens with two attached hydrogens (primary N) is 1. The van der Waals surface area contributed by atoms with Crippen LogP contribution in [0.25, 0.3) is 0 Å². The van der Waals surface area contributed by atoms with E-state index in [2.05, 4.69) is 18.9 Å². The van der Waals surface area contributed by atoms with Crippen molar-refractivity contribution in [3.8, 4) is 0 Å². The summed E-state index contributed by atoms with van der Waals surface area (Å²) in [5.74, 6) is 1.91. The number of likely N-dealkylation sites (N-methyl/N-ethyl adjacent to an activating group) is 1. The Morgan fingerprint density at radius 2 is 1.65 bits per heavy atom. The lowest BCUT2D eigenvalue weighted by Gasteiger charge is -2.47. The normalized spacial score (nSPS) is 32.7. The lowest BCUT2D eigenvalue weighted by molar-refractivity contribution is 0.0453. The van der Waals surface area contributed by atoms with E-state index in [0.717, 1.165) is 18.4 Å². The third kappa shape index (κ3) is 3.98. The van der Waals surface area contributed by atoms with Gasteiger partial charge in [0.2, 0.25) is 0 Å². The van der Waals surface area contributed by atoms with Crippen molar-refractivity contribution in [2.75, 3.05) is 20.1 Å². The van der Waals surface area contributed by atoms with E-state index in [4.69, 9.17) is 5.73 Å². The van der Waals surface area contributed by atoms with Crippen LogP contribution >= 0.6 is 0 Å².